The molecule has 0 atom stereocenters. The van der Waals surface area contributed by atoms with E-state index in [1.54, 1.807) is 11.6 Å². The molecular formula is C19H28N4O3S2. The molecule has 0 aliphatic rings. The van der Waals surface area contributed by atoms with Gasteiger partial charge in [-0.1, -0.05) is 11.8 Å². The lowest BCUT2D eigenvalue weighted by atomic mass is 10.1. The summed E-state index contributed by atoms with van der Waals surface area (Å²) in [6, 6.07) is 0. The van der Waals surface area contributed by atoms with Crippen molar-refractivity contribution in [2.75, 3.05) is 19.3 Å². The van der Waals surface area contributed by atoms with Gasteiger partial charge in [0.25, 0.3) is 5.56 Å². The summed E-state index contributed by atoms with van der Waals surface area (Å²) in [5.41, 5.74) is 0.558. The molecule has 0 aliphatic heterocycles. The average Bonchev–Trinajstić information content (AvgIpc) is 2.85. The Morgan fingerprint density at radius 2 is 1.93 bits per heavy atom. The Morgan fingerprint density at radius 1 is 1.29 bits per heavy atom. The van der Waals surface area contributed by atoms with Crippen molar-refractivity contribution in [2.24, 2.45) is 0 Å². The first-order chi connectivity index (χ1) is 12.9. The molecule has 7 nitrogen and oxygen atoms in total. The van der Waals surface area contributed by atoms with E-state index in [0.29, 0.717) is 21.9 Å². The number of thioether (sulfide) groups is 1. The summed E-state index contributed by atoms with van der Waals surface area (Å²) >= 11 is 2.72. The molecule has 0 aromatic carbocycles. The zero-order valence-electron chi connectivity index (χ0n) is 17.5. The summed E-state index contributed by atoms with van der Waals surface area (Å²) in [4.78, 5) is 45.1. The van der Waals surface area contributed by atoms with Crippen molar-refractivity contribution in [2.45, 2.75) is 58.8 Å². The second kappa shape index (κ2) is 8.65. The molecule has 9 heteroatoms. The number of thiophene rings is 1. The lowest BCUT2D eigenvalue weighted by Gasteiger charge is -2.23. The second-order valence-electron chi connectivity index (χ2n) is 7.74. The smallest absolute Gasteiger partial charge is 0.263 e. The standard InChI is InChI=1S/C19H28N4O3S2/c1-8-23-17(26)15-11(2)12(3)28-16(15)20-18(23)27-10-14(25)22(7)9-13(24)21-19(4,5)6/h8-10H2,1-7H3,(H,21,24). The van der Waals surface area contributed by atoms with Gasteiger partial charge in [0.1, 0.15) is 4.83 Å². The van der Waals surface area contributed by atoms with E-state index in [-0.39, 0.29) is 35.2 Å². The highest BCUT2D eigenvalue weighted by molar-refractivity contribution is 7.99. The molecule has 28 heavy (non-hydrogen) atoms. The van der Waals surface area contributed by atoms with Crippen molar-refractivity contribution in [3.05, 3.63) is 20.8 Å². The third-order valence-corrected chi connectivity index (χ3v) is 6.28. The largest absolute Gasteiger partial charge is 0.350 e. The van der Waals surface area contributed by atoms with Crippen molar-refractivity contribution in [1.82, 2.24) is 19.8 Å². The number of aryl methyl sites for hydroxylation is 2. The number of amides is 2. The van der Waals surface area contributed by atoms with E-state index < -0.39 is 0 Å². The molecule has 2 amide bonds. The van der Waals surface area contributed by atoms with Gasteiger partial charge >= 0.3 is 0 Å². The third kappa shape index (κ3) is 5.14. The molecule has 2 aromatic rings. The minimum absolute atomic E-state index is 0.00692. The average molecular weight is 425 g/mol. The first kappa shape index (κ1) is 22.4. The van der Waals surface area contributed by atoms with E-state index in [2.05, 4.69) is 10.3 Å². The summed E-state index contributed by atoms with van der Waals surface area (Å²) in [5.74, 6) is -0.284. The number of nitrogens with one attached hydrogen (secondary N) is 1. The highest BCUT2D eigenvalue weighted by atomic mass is 32.2. The number of fused-ring (bicyclic) bond motifs is 1. The number of aromatic nitrogens is 2. The van der Waals surface area contributed by atoms with Gasteiger partial charge in [-0.3, -0.25) is 19.0 Å². The number of likely N-dealkylation sites (N-methyl/N-ethyl adjacent to an activating group) is 1. The van der Waals surface area contributed by atoms with Gasteiger partial charge in [-0.15, -0.1) is 11.3 Å². The van der Waals surface area contributed by atoms with Gasteiger partial charge < -0.3 is 10.2 Å². The molecule has 0 spiro atoms. The minimum atomic E-state index is -0.344. The fraction of sp³-hybridized carbons (Fsp3) is 0.579. The van der Waals surface area contributed by atoms with Crippen LogP contribution in [0.1, 0.15) is 38.1 Å². The molecule has 0 saturated carbocycles. The van der Waals surface area contributed by atoms with Crippen LogP contribution in [0.2, 0.25) is 0 Å². The number of rotatable bonds is 6. The predicted octanol–water partition coefficient (Wildman–Crippen LogP) is 2.56. The molecule has 1 N–H and O–H groups in total. The molecule has 0 aliphatic carbocycles. The van der Waals surface area contributed by atoms with Gasteiger partial charge in [-0.2, -0.15) is 0 Å². The molecule has 2 aromatic heterocycles. The first-order valence-electron chi connectivity index (χ1n) is 9.13. The Morgan fingerprint density at radius 3 is 2.50 bits per heavy atom. The Bertz CT molecular complexity index is 957. The Labute approximate surface area is 173 Å². The summed E-state index contributed by atoms with van der Waals surface area (Å²) in [5, 5.41) is 4.03. The first-order valence-corrected chi connectivity index (χ1v) is 10.9. The number of nitrogens with zero attached hydrogens (tertiary/aromatic N) is 3. The maximum Gasteiger partial charge on any atom is 0.263 e. The fourth-order valence-corrected chi connectivity index (χ4v) is 4.77. The highest BCUT2D eigenvalue weighted by Crippen LogP contribution is 2.28. The normalized spacial score (nSPS) is 11.7. The lowest BCUT2D eigenvalue weighted by molar-refractivity contribution is -0.133. The summed E-state index contributed by atoms with van der Waals surface area (Å²) in [6.07, 6.45) is 0. The molecule has 2 rings (SSSR count). The molecule has 2 heterocycles. The maximum atomic E-state index is 12.8. The quantitative estimate of drug-likeness (QED) is 0.569. The van der Waals surface area contributed by atoms with Crippen molar-refractivity contribution < 1.29 is 9.59 Å². The van der Waals surface area contributed by atoms with Crippen LogP contribution in [0, 0.1) is 13.8 Å². The number of carbonyl (C=O) groups is 2. The zero-order chi connectivity index (χ0) is 21.2. The maximum absolute atomic E-state index is 12.8. The van der Waals surface area contributed by atoms with Gasteiger partial charge in [0.15, 0.2) is 5.16 Å². The summed E-state index contributed by atoms with van der Waals surface area (Å²) in [7, 11) is 1.60. The Hall–Kier alpha value is -1.87. The van der Waals surface area contributed by atoms with Gasteiger partial charge in [0, 0.05) is 24.0 Å². The molecule has 0 fully saturated rings. The molecular weight excluding hydrogens is 396 g/mol. The van der Waals surface area contributed by atoms with E-state index >= 15 is 0 Å². The van der Waals surface area contributed by atoms with Gasteiger partial charge in [-0.05, 0) is 47.1 Å². The molecule has 0 radical (unpaired) electrons. The fourth-order valence-electron chi connectivity index (χ4n) is 2.70. The lowest BCUT2D eigenvalue weighted by Crippen LogP contribution is -2.46. The monoisotopic (exact) mass is 424 g/mol. The summed E-state index contributed by atoms with van der Waals surface area (Å²) < 4.78 is 1.60. The van der Waals surface area contributed by atoms with Crippen LogP contribution in [0.4, 0.5) is 0 Å². The van der Waals surface area contributed by atoms with Crippen LogP contribution >= 0.6 is 23.1 Å². The molecule has 0 bridgehead atoms. The van der Waals surface area contributed by atoms with Crippen molar-refractivity contribution >= 4 is 45.1 Å². The highest BCUT2D eigenvalue weighted by Gasteiger charge is 2.20. The van der Waals surface area contributed by atoms with Crippen molar-refractivity contribution in [1.29, 1.82) is 0 Å². The van der Waals surface area contributed by atoms with Gasteiger partial charge in [0.2, 0.25) is 11.8 Å². The van der Waals surface area contributed by atoms with Crippen molar-refractivity contribution in [3.63, 3.8) is 0 Å². The number of hydrogen-bond donors (Lipinski definition) is 1. The molecule has 0 saturated heterocycles. The summed E-state index contributed by atoms with van der Waals surface area (Å²) in [6.45, 7) is 11.9. The van der Waals surface area contributed by atoms with Gasteiger partial charge in [-0.25, -0.2) is 4.98 Å². The second-order valence-corrected chi connectivity index (χ2v) is 9.89. The van der Waals surface area contributed by atoms with E-state index in [1.165, 1.54) is 28.0 Å². The van der Waals surface area contributed by atoms with Gasteiger partial charge in [0.05, 0.1) is 17.7 Å². The van der Waals surface area contributed by atoms with Crippen molar-refractivity contribution in [3.8, 4) is 0 Å². The van der Waals surface area contributed by atoms with Crippen LogP contribution in [0.5, 0.6) is 0 Å². The SMILES string of the molecule is CCn1c(SCC(=O)N(C)CC(=O)NC(C)(C)C)nc2sc(C)c(C)c2c1=O. The van der Waals surface area contributed by atoms with E-state index in [1.807, 2.05) is 41.5 Å². The van der Waals surface area contributed by atoms with Crippen LogP contribution < -0.4 is 10.9 Å². The number of carbonyl (C=O) groups excluding carboxylic acids is 2. The van der Waals surface area contributed by atoms with Crippen LogP contribution in [0.15, 0.2) is 9.95 Å². The Kier molecular flexibility index (Phi) is 6.93. The van der Waals surface area contributed by atoms with E-state index in [0.717, 1.165) is 10.4 Å². The third-order valence-electron chi connectivity index (χ3n) is 4.22. The zero-order valence-corrected chi connectivity index (χ0v) is 19.1. The predicted molar refractivity (Wildman–Crippen MR) is 115 cm³/mol. The molecule has 0 unspecified atom stereocenters. The van der Waals surface area contributed by atoms with E-state index in [4.69, 9.17) is 0 Å². The molecule has 154 valence electrons. The van der Waals surface area contributed by atoms with Crippen LogP contribution in [0.25, 0.3) is 10.2 Å². The van der Waals surface area contributed by atoms with Crippen LogP contribution in [0.3, 0.4) is 0 Å². The van der Waals surface area contributed by atoms with E-state index in [9.17, 15) is 14.4 Å². The topological polar surface area (TPSA) is 84.3 Å². The number of hydrogen-bond acceptors (Lipinski definition) is 6. The minimum Gasteiger partial charge on any atom is -0.350 e. The van der Waals surface area contributed by atoms with Crippen LogP contribution in [-0.4, -0.2) is 51.1 Å². The van der Waals surface area contributed by atoms with Crippen LogP contribution in [-0.2, 0) is 16.1 Å². The Balaban J connectivity index is 2.13.